The van der Waals surface area contributed by atoms with Crippen LogP contribution in [0.4, 0.5) is 5.69 Å². The van der Waals surface area contributed by atoms with Gasteiger partial charge in [-0.15, -0.1) is 0 Å². The van der Waals surface area contributed by atoms with Gasteiger partial charge in [0.05, 0.1) is 24.7 Å². The van der Waals surface area contributed by atoms with Crippen LogP contribution in [0.25, 0.3) is 10.8 Å². The van der Waals surface area contributed by atoms with Crippen LogP contribution in [0.5, 0.6) is 5.75 Å². The quantitative estimate of drug-likeness (QED) is 0.475. The third kappa shape index (κ3) is 4.17. The lowest BCUT2D eigenvalue weighted by molar-refractivity contribution is 0.415. The number of ether oxygens (including phenoxy) is 1. The van der Waals surface area contributed by atoms with E-state index in [1.165, 1.54) is 0 Å². The Bertz CT molecular complexity index is 1190. The van der Waals surface area contributed by atoms with Gasteiger partial charge in [-0.3, -0.25) is 9.78 Å². The highest BCUT2D eigenvalue weighted by Crippen LogP contribution is 2.19. The second kappa shape index (κ2) is 8.78. The highest BCUT2D eigenvalue weighted by Gasteiger charge is 2.12. The average molecular weight is 400 g/mol. The van der Waals surface area contributed by atoms with Crippen molar-refractivity contribution >= 4 is 16.5 Å². The van der Waals surface area contributed by atoms with Crippen molar-refractivity contribution < 1.29 is 4.74 Å². The van der Waals surface area contributed by atoms with Crippen molar-refractivity contribution in [3.8, 4) is 5.75 Å². The molecule has 0 radical (unpaired) electrons. The van der Waals surface area contributed by atoms with E-state index >= 15 is 0 Å². The van der Waals surface area contributed by atoms with E-state index in [9.17, 15) is 4.79 Å². The Morgan fingerprint density at radius 2 is 1.77 bits per heavy atom. The summed E-state index contributed by atoms with van der Waals surface area (Å²) < 4.78 is 6.80. The van der Waals surface area contributed by atoms with Gasteiger partial charge in [0.1, 0.15) is 5.75 Å². The van der Waals surface area contributed by atoms with Gasteiger partial charge >= 0.3 is 0 Å². The van der Waals surface area contributed by atoms with E-state index in [-0.39, 0.29) is 5.56 Å². The van der Waals surface area contributed by atoms with E-state index in [1.807, 2.05) is 73.9 Å². The molecule has 0 N–H and O–H groups in total. The van der Waals surface area contributed by atoms with Crippen molar-refractivity contribution in [1.82, 2.24) is 14.8 Å². The largest absolute Gasteiger partial charge is 0.497 e. The Morgan fingerprint density at radius 3 is 2.47 bits per heavy atom. The smallest absolute Gasteiger partial charge is 0.274 e. The lowest BCUT2D eigenvalue weighted by Gasteiger charge is -2.20. The molecule has 152 valence electrons. The highest BCUT2D eigenvalue weighted by atomic mass is 16.5. The van der Waals surface area contributed by atoms with Crippen LogP contribution in [0, 0.1) is 0 Å². The summed E-state index contributed by atoms with van der Waals surface area (Å²) in [6.45, 7) is 1.15. The van der Waals surface area contributed by atoms with Gasteiger partial charge in [0.15, 0.2) is 0 Å². The molecule has 6 heteroatoms. The van der Waals surface area contributed by atoms with Gasteiger partial charge in [0.2, 0.25) is 0 Å². The first kappa shape index (κ1) is 19.6. The maximum atomic E-state index is 13.0. The van der Waals surface area contributed by atoms with Gasteiger partial charge in [-0.05, 0) is 42.0 Å². The van der Waals surface area contributed by atoms with Crippen molar-refractivity contribution in [3.05, 3.63) is 94.7 Å². The predicted octanol–water partition coefficient (Wildman–Crippen LogP) is 3.53. The fourth-order valence-electron chi connectivity index (χ4n) is 3.49. The summed E-state index contributed by atoms with van der Waals surface area (Å²) in [4.78, 5) is 19.3. The summed E-state index contributed by atoms with van der Waals surface area (Å²) >= 11 is 0. The molecule has 0 fully saturated rings. The molecule has 0 spiro atoms. The molecule has 4 rings (SSSR count). The third-order valence-electron chi connectivity index (χ3n) is 5.20. The van der Waals surface area contributed by atoms with Crippen molar-refractivity contribution in [3.63, 3.8) is 0 Å². The van der Waals surface area contributed by atoms with E-state index in [1.54, 1.807) is 18.0 Å². The molecular weight excluding hydrogens is 376 g/mol. The number of hydrogen-bond acceptors (Lipinski definition) is 5. The van der Waals surface area contributed by atoms with Crippen LogP contribution >= 0.6 is 0 Å². The highest BCUT2D eigenvalue weighted by molar-refractivity contribution is 5.83. The van der Waals surface area contributed by atoms with Crippen LogP contribution < -0.4 is 15.2 Å². The normalized spacial score (nSPS) is 10.9. The van der Waals surface area contributed by atoms with Crippen molar-refractivity contribution in [2.75, 3.05) is 25.6 Å². The van der Waals surface area contributed by atoms with Crippen LogP contribution in [0.1, 0.15) is 11.3 Å². The Kier molecular flexibility index (Phi) is 5.75. The van der Waals surface area contributed by atoms with E-state index in [0.29, 0.717) is 24.9 Å². The van der Waals surface area contributed by atoms with E-state index in [4.69, 9.17) is 9.84 Å². The number of nitrogens with zero attached hydrogens (tertiary/aromatic N) is 4. The molecular formula is C24H24N4O2. The Balaban J connectivity index is 1.61. The van der Waals surface area contributed by atoms with Gasteiger partial charge in [0, 0.05) is 43.5 Å². The van der Waals surface area contributed by atoms with Crippen molar-refractivity contribution in [1.29, 1.82) is 0 Å². The number of aromatic nitrogens is 3. The zero-order valence-corrected chi connectivity index (χ0v) is 17.2. The monoisotopic (exact) mass is 400 g/mol. The molecule has 0 aliphatic rings. The van der Waals surface area contributed by atoms with Gasteiger partial charge in [0.25, 0.3) is 5.56 Å². The SMILES string of the molecule is COc1ccc(N(C)CCn2nc(Cc3cccnc3)c3ccccc3c2=O)cc1. The minimum atomic E-state index is -0.0660. The number of likely N-dealkylation sites (N-methyl/N-ethyl adjacent to an activating group) is 1. The molecule has 0 aliphatic carbocycles. The summed E-state index contributed by atoms with van der Waals surface area (Å²) in [5.41, 5.74) is 2.94. The van der Waals surface area contributed by atoms with Gasteiger partial charge in [-0.2, -0.15) is 5.10 Å². The van der Waals surface area contributed by atoms with Gasteiger partial charge in [-0.25, -0.2) is 4.68 Å². The van der Waals surface area contributed by atoms with E-state index in [2.05, 4.69) is 9.88 Å². The van der Waals surface area contributed by atoms with Crippen molar-refractivity contribution in [2.45, 2.75) is 13.0 Å². The Morgan fingerprint density at radius 1 is 1.00 bits per heavy atom. The van der Waals surface area contributed by atoms with Crippen molar-refractivity contribution in [2.24, 2.45) is 0 Å². The van der Waals surface area contributed by atoms with Crippen LogP contribution in [-0.4, -0.2) is 35.5 Å². The topological polar surface area (TPSA) is 60.2 Å². The van der Waals surface area contributed by atoms with Gasteiger partial charge in [-0.1, -0.05) is 24.3 Å². The standard InChI is InChI=1S/C24H24N4O2/c1-27(19-9-11-20(30-2)12-10-19)14-15-28-24(29)22-8-4-3-7-21(22)23(26-28)16-18-6-5-13-25-17-18/h3-13,17H,14-16H2,1-2H3. The van der Waals surface area contributed by atoms with E-state index in [0.717, 1.165) is 28.1 Å². The molecule has 30 heavy (non-hydrogen) atoms. The molecule has 2 heterocycles. The molecule has 0 aliphatic heterocycles. The lowest BCUT2D eigenvalue weighted by atomic mass is 10.1. The second-order valence-corrected chi connectivity index (χ2v) is 7.18. The minimum absolute atomic E-state index is 0.0660. The number of rotatable bonds is 7. The first-order valence-electron chi connectivity index (χ1n) is 9.88. The fraction of sp³-hybridized carbons (Fsp3) is 0.208. The van der Waals surface area contributed by atoms with Crippen LogP contribution in [0.15, 0.2) is 77.9 Å². The zero-order valence-electron chi connectivity index (χ0n) is 17.2. The molecule has 2 aromatic carbocycles. The number of pyridine rings is 1. The number of methoxy groups -OCH3 is 1. The number of hydrogen-bond donors (Lipinski definition) is 0. The minimum Gasteiger partial charge on any atom is -0.497 e. The van der Waals surface area contributed by atoms with E-state index < -0.39 is 0 Å². The molecule has 0 bridgehead atoms. The summed E-state index contributed by atoms with van der Waals surface area (Å²) in [6, 6.07) is 19.5. The molecule has 2 aromatic heterocycles. The van der Waals surface area contributed by atoms with Gasteiger partial charge < -0.3 is 9.64 Å². The van der Waals surface area contributed by atoms with Crippen LogP contribution in [0.2, 0.25) is 0 Å². The first-order chi connectivity index (χ1) is 14.7. The van der Waals surface area contributed by atoms with Crippen LogP contribution in [-0.2, 0) is 13.0 Å². The Hall–Kier alpha value is -3.67. The maximum absolute atomic E-state index is 13.0. The van der Waals surface area contributed by atoms with Crippen LogP contribution in [0.3, 0.4) is 0 Å². The number of anilines is 1. The molecule has 0 amide bonds. The first-order valence-corrected chi connectivity index (χ1v) is 9.88. The number of benzene rings is 2. The average Bonchev–Trinajstić information content (AvgIpc) is 2.80. The lowest BCUT2D eigenvalue weighted by Crippen LogP contribution is -2.31. The summed E-state index contributed by atoms with van der Waals surface area (Å²) in [5, 5.41) is 6.31. The summed E-state index contributed by atoms with van der Waals surface area (Å²) in [6.07, 6.45) is 4.22. The molecule has 0 saturated carbocycles. The molecule has 0 atom stereocenters. The predicted molar refractivity (Wildman–Crippen MR) is 119 cm³/mol. The Labute approximate surface area is 175 Å². The summed E-state index contributed by atoms with van der Waals surface area (Å²) in [5.74, 6) is 0.819. The second-order valence-electron chi connectivity index (χ2n) is 7.18. The fourth-order valence-corrected chi connectivity index (χ4v) is 3.49. The molecule has 4 aromatic rings. The number of fused-ring (bicyclic) bond motifs is 1. The molecule has 0 unspecified atom stereocenters. The third-order valence-corrected chi connectivity index (χ3v) is 5.20. The summed E-state index contributed by atoms with van der Waals surface area (Å²) in [7, 11) is 3.66. The zero-order chi connectivity index (χ0) is 20.9. The maximum Gasteiger partial charge on any atom is 0.274 e. The molecule has 0 saturated heterocycles. The molecule has 6 nitrogen and oxygen atoms in total.